The van der Waals surface area contributed by atoms with Gasteiger partial charge in [0.2, 0.25) is 0 Å². The van der Waals surface area contributed by atoms with Crippen molar-refractivity contribution in [2.75, 3.05) is 14.1 Å². The maximum atomic E-state index is 4.19. The third kappa shape index (κ3) is 5.32. The first-order valence-electron chi connectivity index (χ1n) is 7.63. The zero-order valence-electron chi connectivity index (χ0n) is 14.3. The summed E-state index contributed by atoms with van der Waals surface area (Å²) in [4.78, 5) is 0. The highest BCUT2D eigenvalue weighted by molar-refractivity contribution is 5.63. The molecule has 0 bridgehead atoms. The molecule has 1 atom stereocenters. The first-order valence-corrected chi connectivity index (χ1v) is 7.63. The van der Waals surface area contributed by atoms with Crippen LogP contribution in [0, 0.1) is 13.8 Å². The predicted octanol–water partition coefficient (Wildman–Crippen LogP) is 3.48. The molecule has 0 spiro atoms. The molecule has 0 aliphatic rings. The van der Waals surface area contributed by atoms with Crippen LogP contribution in [0.25, 0.3) is 5.70 Å². The Balaban J connectivity index is 2.81. The molecule has 0 amide bonds. The molecular weight excluding hydrogens is 270 g/mol. The van der Waals surface area contributed by atoms with Crippen LogP contribution in [-0.2, 0) is 0 Å². The SMILES string of the molecule is C=C(CCC(NC(=C)c1cc(C)cc(C)c1)C(=C)NC)NC. The molecule has 0 saturated heterocycles. The van der Waals surface area contributed by atoms with Crippen LogP contribution in [-0.4, -0.2) is 20.1 Å². The Morgan fingerprint density at radius 1 is 1.00 bits per heavy atom. The summed E-state index contributed by atoms with van der Waals surface area (Å²) < 4.78 is 0. The first kappa shape index (κ1) is 17.9. The predicted molar refractivity (Wildman–Crippen MR) is 97.5 cm³/mol. The van der Waals surface area contributed by atoms with E-state index in [1.54, 1.807) is 0 Å². The van der Waals surface area contributed by atoms with Crippen LogP contribution in [0.1, 0.15) is 29.5 Å². The topological polar surface area (TPSA) is 36.1 Å². The van der Waals surface area contributed by atoms with E-state index in [1.807, 2.05) is 14.1 Å². The Bertz CT molecular complexity index is 538. The lowest BCUT2D eigenvalue weighted by atomic mass is 10.0. The molecule has 1 aromatic carbocycles. The molecule has 0 heterocycles. The number of likely N-dealkylation sites (N-methyl/N-ethyl adjacent to an activating group) is 1. The molecule has 0 saturated carbocycles. The van der Waals surface area contributed by atoms with Crippen molar-refractivity contribution < 1.29 is 0 Å². The largest absolute Gasteiger partial charge is 0.392 e. The Kier molecular flexibility index (Phi) is 6.77. The van der Waals surface area contributed by atoms with Crippen molar-refractivity contribution in [3.63, 3.8) is 0 Å². The zero-order chi connectivity index (χ0) is 16.7. The molecule has 3 heteroatoms. The van der Waals surface area contributed by atoms with Gasteiger partial charge in [-0.05, 0) is 44.4 Å². The van der Waals surface area contributed by atoms with Crippen molar-refractivity contribution in [1.82, 2.24) is 16.0 Å². The van der Waals surface area contributed by atoms with Gasteiger partial charge in [-0.25, -0.2) is 0 Å². The highest BCUT2D eigenvalue weighted by atomic mass is 15.0. The van der Waals surface area contributed by atoms with Gasteiger partial charge in [-0.1, -0.05) is 36.9 Å². The molecule has 120 valence electrons. The second-order valence-corrected chi connectivity index (χ2v) is 5.72. The molecule has 3 N–H and O–H groups in total. The zero-order valence-corrected chi connectivity index (χ0v) is 14.3. The van der Waals surface area contributed by atoms with Gasteiger partial charge in [0.15, 0.2) is 0 Å². The van der Waals surface area contributed by atoms with E-state index in [-0.39, 0.29) is 6.04 Å². The fourth-order valence-electron chi connectivity index (χ4n) is 2.39. The lowest BCUT2D eigenvalue weighted by Crippen LogP contribution is -2.34. The lowest BCUT2D eigenvalue weighted by Gasteiger charge is -2.24. The van der Waals surface area contributed by atoms with Crippen LogP contribution in [0.2, 0.25) is 0 Å². The van der Waals surface area contributed by atoms with Gasteiger partial charge in [0.25, 0.3) is 0 Å². The summed E-state index contributed by atoms with van der Waals surface area (Å²) in [6.45, 7) is 16.5. The molecule has 0 aliphatic heterocycles. The van der Waals surface area contributed by atoms with Crippen LogP contribution in [0.5, 0.6) is 0 Å². The quantitative estimate of drug-likeness (QED) is 0.653. The van der Waals surface area contributed by atoms with Crippen LogP contribution >= 0.6 is 0 Å². The van der Waals surface area contributed by atoms with E-state index in [0.29, 0.717) is 0 Å². The summed E-state index contributed by atoms with van der Waals surface area (Å²) in [5, 5.41) is 9.71. The second kappa shape index (κ2) is 8.32. The van der Waals surface area contributed by atoms with E-state index in [1.165, 1.54) is 11.1 Å². The molecule has 1 unspecified atom stereocenters. The highest BCUT2D eigenvalue weighted by Crippen LogP contribution is 2.18. The summed E-state index contributed by atoms with van der Waals surface area (Å²) >= 11 is 0. The van der Waals surface area contributed by atoms with E-state index in [4.69, 9.17) is 0 Å². The molecule has 1 aromatic rings. The number of nitrogens with one attached hydrogen (secondary N) is 3. The van der Waals surface area contributed by atoms with E-state index in [2.05, 4.69) is 67.7 Å². The number of rotatable bonds is 9. The van der Waals surface area contributed by atoms with E-state index in [9.17, 15) is 0 Å². The van der Waals surface area contributed by atoms with E-state index < -0.39 is 0 Å². The third-order valence-electron chi connectivity index (χ3n) is 3.75. The highest BCUT2D eigenvalue weighted by Gasteiger charge is 2.13. The summed E-state index contributed by atoms with van der Waals surface area (Å²) in [6, 6.07) is 6.57. The maximum Gasteiger partial charge on any atom is 0.0657 e. The standard InChI is InChI=1S/C19H29N3/c1-13-10-14(2)12-18(11-13)16(4)22-19(17(5)21-7)9-8-15(3)20-6/h10-12,19-22H,3-5,8-9H2,1-2,6-7H3. The number of aryl methyl sites for hydroxylation is 2. The summed E-state index contributed by atoms with van der Waals surface area (Å²) in [7, 11) is 3.79. The normalized spacial score (nSPS) is 11.5. The number of hydrogen-bond acceptors (Lipinski definition) is 3. The lowest BCUT2D eigenvalue weighted by molar-refractivity contribution is 0.582. The van der Waals surface area contributed by atoms with Gasteiger partial charge in [0, 0.05) is 31.2 Å². The van der Waals surface area contributed by atoms with Crippen molar-refractivity contribution in [1.29, 1.82) is 0 Å². The molecule has 0 radical (unpaired) electrons. The average Bonchev–Trinajstić information content (AvgIpc) is 2.48. The molecule has 0 fully saturated rings. The number of hydrogen-bond donors (Lipinski definition) is 3. The Morgan fingerprint density at radius 2 is 1.59 bits per heavy atom. The Morgan fingerprint density at radius 3 is 2.09 bits per heavy atom. The van der Waals surface area contributed by atoms with Crippen molar-refractivity contribution in [3.8, 4) is 0 Å². The maximum absolute atomic E-state index is 4.19. The monoisotopic (exact) mass is 299 g/mol. The van der Waals surface area contributed by atoms with Crippen molar-refractivity contribution >= 4 is 5.70 Å². The molecular formula is C19H29N3. The summed E-state index contributed by atoms with van der Waals surface area (Å²) in [6.07, 6.45) is 1.79. The van der Waals surface area contributed by atoms with Gasteiger partial charge < -0.3 is 16.0 Å². The van der Waals surface area contributed by atoms with Crippen LogP contribution < -0.4 is 16.0 Å². The van der Waals surface area contributed by atoms with Crippen molar-refractivity contribution in [2.24, 2.45) is 0 Å². The van der Waals surface area contributed by atoms with E-state index >= 15 is 0 Å². The van der Waals surface area contributed by atoms with Crippen LogP contribution in [0.4, 0.5) is 0 Å². The average molecular weight is 299 g/mol. The molecule has 1 rings (SSSR count). The molecule has 3 nitrogen and oxygen atoms in total. The van der Waals surface area contributed by atoms with Gasteiger partial charge in [-0.2, -0.15) is 0 Å². The molecule has 0 aromatic heterocycles. The third-order valence-corrected chi connectivity index (χ3v) is 3.75. The van der Waals surface area contributed by atoms with Gasteiger partial charge >= 0.3 is 0 Å². The number of benzene rings is 1. The van der Waals surface area contributed by atoms with Crippen molar-refractivity contribution in [2.45, 2.75) is 32.7 Å². The Labute approximate surface area is 135 Å². The van der Waals surface area contributed by atoms with Crippen LogP contribution in [0.15, 0.2) is 49.3 Å². The summed E-state index contributed by atoms with van der Waals surface area (Å²) in [5.74, 6) is 0. The minimum absolute atomic E-state index is 0.114. The minimum atomic E-state index is 0.114. The number of allylic oxidation sites excluding steroid dienone is 1. The summed E-state index contributed by atoms with van der Waals surface area (Å²) in [5.41, 5.74) is 6.50. The van der Waals surface area contributed by atoms with E-state index in [0.717, 1.165) is 35.5 Å². The fourth-order valence-corrected chi connectivity index (χ4v) is 2.39. The Hall–Kier alpha value is -2.16. The first-order chi connectivity index (χ1) is 10.4. The van der Waals surface area contributed by atoms with Crippen molar-refractivity contribution in [3.05, 3.63) is 66.0 Å². The van der Waals surface area contributed by atoms with Gasteiger partial charge in [-0.15, -0.1) is 0 Å². The smallest absolute Gasteiger partial charge is 0.0657 e. The van der Waals surface area contributed by atoms with Gasteiger partial charge in [0.1, 0.15) is 0 Å². The minimum Gasteiger partial charge on any atom is -0.392 e. The molecule has 22 heavy (non-hydrogen) atoms. The van der Waals surface area contributed by atoms with Crippen LogP contribution in [0.3, 0.4) is 0 Å². The van der Waals surface area contributed by atoms with Gasteiger partial charge in [0.05, 0.1) is 6.04 Å². The second-order valence-electron chi connectivity index (χ2n) is 5.72. The van der Waals surface area contributed by atoms with Gasteiger partial charge in [-0.3, -0.25) is 0 Å². The fraction of sp³-hybridized carbons (Fsp3) is 0.368. The molecule has 0 aliphatic carbocycles.